The molecule has 86 valence electrons. The first-order valence-electron chi connectivity index (χ1n) is 5.24. The van der Waals surface area contributed by atoms with Crippen LogP contribution in [0.15, 0.2) is 41.0 Å². The lowest BCUT2D eigenvalue weighted by molar-refractivity contribution is 0.507. The van der Waals surface area contributed by atoms with Gasteiger partial charge in [0.1, 0.15) is 11.8 Å². The molecule has 0 spiro atoms. The van der Waals surface area contributed by atoms with Gasteiger partial charge in [0.15, 0.2) is 0 Å². The second kappa shape index (κ2) is 4.62. The first kappa shape index (κ1) is 11.1. The summed E-state index contributed by atoms with van der Waals surface area (Å²) < 4.78 is 5.27. The fourth-order valence-electron chi connectivity index (χ4n) is 1.70. The molecule has 1 aromatic carbocycles. The Balaban J connectivity index is 2.25. The van der Waals surface area contributed by atoms with E-state index in [0.717, 1.165) is 11.4 Å². The average molecular weight is 227 g/mol. The van der Waals surface area contributed by atoms with Gasteiger partial charge >= 0.3 is 0 Å². The standard InChI is InChI=1S/C13H13N3O/c1-16(9-12-3-2-6-17-12)13-5-4-11(15)7-10(13)8-14/h2-7H,9,15H2,1H3. The normalized spacial score (nSPS) is 9.88. The van der Waals surface area contributed by atoms with Crippen molar-refractivity contribution in [3.05, 3.63) is 47.9 Å². The Labute approximate surface area is 99.9 Å². The van der Waals surface area contributed by atoms with Gasteiger partial charge in [-0.05, 0) is 30.3 Å². The molecule has 0 saturated heterocycles. The summed E-state index contributed by atoms with van der Waals surface area (Å²) in [6, 6.07) is 11.2. The summed E-state index contributed by atoms with van der Waals surface area (Å²) in [6.07, 6.45) is 1.64. The molecule has 0 aliphatic carbocycles. The van der Waals surface area contributed by atoms with Crippen molar-refractivity contribution < 1.29 is 4.42 Å². The Kier molecular flexibility index (Phi) is 3.01. The van der Waals surface area contributed by atoms with Crippen LogP contribution >= 0.6 is 0 Å². The molecule has 0 bridgehead atoms. The molecule has 0 aliphatic rings. The van der Waals surface area contributed by atoms with Gasteiger partial charge in [0, 0.05) is 12.7 Å². The van der Waals surface area contributed by atoms with Crippen LogP contribution in [-0.4, -0.2) is 7.05 Å². The van der Waals surface area contributed by atoms with Crippen LogP contribution in [0.25, 0.3) is 0 Å². The second-order valence-corrected chi connectivity index (χ2v) is 3.82. The fourth-order valence-corrected chi connectivity index (χ4v) is 1.70. The molecule has 2 N–H and O–H groups in total. The SMILES string of the molecule is CN(Cc1ccco1)c1ccc(N)cc1C#N. The maximum Gasteiger partial charge on any atom is 0.123 e. The molecule has 2 aromatic rings. The van der Waals surface area contributed by atoms with E-state index in [1.54, 1.807) is 18.4 Å². The first-order chi connectivity index (χ1) is 8.20. The summed E-state index contributed by atoms with van der Waals surface area (Å²) in [5, 5.41) is 9.06. The fraction of sp³-hybridized carbons (Fsp3) is 0.154. The molecule has 0 atom stereocenters. The Morgan fingerprint density at radius 2 is 2.24 bits per heavy atom. The van der Waals surface area contributed by atoms with Gasteiger partial charge in [-0.1, -0.05) is 0 Å². The molecular formula is C13H13N3O. The van der Waals surface area contributed by atoms with E-state index in [1.165, 1.54) is 0 Å². The zero-order valence-electron chi connectivity index (χ0n) is 9.55. The quantitative estimate of drug-likeness (QED) is 0.817. The summed E-state index contributed by atoms with van der Waals surface area (Å²) in [5.74, 6) is 0.855. The summed E-state index contributed by atoms with van der Waals surface area (Å²) in [7, 11) is 1.91. The van der Waals surface area contributed by atoms with Crippen LogP contribution < -0.4 is 10.6 Å². The summed E-state index contributed by atoms with van der Waals surface area (Å²) in [4.78, 5) is 1.96. The number of rotatable bonds is 3. The zero-order chi connectivity index (χ0) is 12.3. The van der Waals surface area contributed by atoms with Gasteiger partial charge in [-0.3, -0.25) is 0 Å². The summed E-state index contributed by atoms with van der Waals surface area (Å²) >= 11 is 0. The molecule has 4 heteroatoms. The van der Waals surface area contributed by atoms with Crippen LogP contribution in [0.1, 0.15) is 11.3 Å². The molecular weight excluding hydrogens is 214 g/mol. The minimum atomic E-state index is 0.569. The van der Waals surface area contributed by atoms with Crippen molar-refractivity contribution in [1.82, 2.24) is 0 Å². The highest BCUT2D eigenvalue weighted by molar-refractivity contribution is 5.64. The van der Waals surface area contributed by atoms with Crippen molar-refractivity contribution in [2.45, 2.75) is 6.54 Å². The number of nitrogens with zero attached hydrogens (tertiary/aromatic N) is 2. The summed E-state index contributed by atoms with van der Waals surface area (Å²) in [6.45, 7) is 0.617. The van der Waals surface area contributed by atoms with E-state index in [9.17, 15) is 0 Å². The molecule has 1 aromatic heterocycles. The van der Waals surface area contributed by atoms with Gasteiger partial charge in [-0.25, -0.2) is 0 Å². The molecule has 0 amide bonds. The molecule has 0 radical (unpaired) electrons. The molecule has 1 heterocycles. The third-order valence-corrected chi connectivity index (χ3v) is 2.53. The van der Waals surface area contributed by atoms with Gasteiger partial charge < -0.3 is 15.1 Å². The highest BCUT2D eigenvalue weighted by Crippen LogP contribution is 2.22. The maximum atomic E-state index is 9.06. The first-order valence-corrected chi connectivity index (χ1v) is 5.24. The second-order valence-electron chi connectivity index (χ2n) is 3.82. The van der Waals surface area contributed by atoms with Crippen molar-refractivity contribution in [1.29, 1.82) is 5.26 Å². The van der Waals surface area contributed by atoms with Crippen molar-refractivity contribution in [3.8, 4) is 6.07 Å². The monoisotopic (exact) mass is 227 g/mol. The van der Waals surface area contributed by atoms with E-state index >= 15 is 0 Å². The maximum absolute atomic E-state index is 9.06. The zero-order valence-corrected chi connectivity index (χ0v) is 9.55. The Morgan fingerprint density at radius 3 is 2.88 bits per heavy atom. The number of anilines is 2. The van der Waals surface area contributed by atoms with Gasteiger partial charge in [-0.15, -0.1) is 0 Å². The smallest absolute Gasteiger partial charge is 0.123 e. The topological polar surface area (TPSA) is 66.2 Å². The molecule has 4 nitrogen and oxygen atoms in total. The van der Waals surface area contributed by atoms with Gasteiger partial charge in [0.05, 0.1) is 24.1 Å². The lowest BCUT2D eigenvalue weighted by Crippen LogP contribution is -2.17. The predicted molar refractivity (Wildman–Crippen MR) is 66.4 cm³/mol. The number of nitriles is 1. The number of furan rings is 1. The molecule has 0 unspecified atom stereocenters. The van der Waals surface area contributed by atoms with Crippen molar-refractivity contribution in [3.63, 3.8) is 0 Å². The van der Waals surface area contributed by atoms with Gasteiger partial charge in [-0.2, -0.15) is 5.26 Å². The third kappa shape index (κ3) is 2.40. The van der Waals surface area contributed by atoms with Crippen LogP contribution in [0.5, 0.6) is 0 Å². The number of nitrogen functional groups attached to an aromatic ring is 1. The van der Waals surface area contributed by atoms with Crippen molar-refractivity contribution in [2.24, 2.45) is 0 Å². The molecule has 0 saturated carbocycles. The van der Waals surface area contributed by atoms with E-state index in [2.05, 4.69) is 6.07 Å². The van der Waals surface area contributed by atoms with Crippen LogP contribution in [0, 0.1) is 11.3 Å². The van der Waals surface area contributed by atoms with E-state index in [1.807, 2.05) is 30.1 Å². The van der Waals surface area contributed by atoms with E-state index in [0.29, 0.717) is 17.8 Å². The number of nitrogens with two attached hydrogens (primary N) is 1. The van der Waals surface area contributed by atoms with E-state index in [4.69, 9.17) is 15.4 Å². The molecule has 17 heavy (non-hydrogen) atoms. The van der Waals surface area contributed by atoms with Gasteiger partial charge in [0.2, 0.25) is 0 Å². The summed E-state index contributed by atoms with van der Waals surface area (Å²) in [5.41, 5.74) is 7.66. The largest absolute Gasteiger partial charge is 0.467 e. The minimum absolute atomic E-state index is 0.569. The third-order valence-electron chi connectivity index (χ3n) is 2.53. The highest BCUT2D eigenvalue weighted by atomic mass is 16.3. The Morgan fingerprint density at radius 1 is 1.41 bits per heavy atom. The van der Waals surface area contributed by atoms with Crippen LogP contribution in [-0.2, 0) is 6.54 Å². The number of hydrogen-bond acceptors (Lipinski definition) is 4. The average Bonchev–Trinajstić information content (AvgIpc) is 2.81. The van der Waals surface area contributed by atoms with Crippen LogP contribution in [0.3, 0.4) is 0 Å². The van der Waals surface area contributed by atoms with E-state index in [-0.39, 0.29) is 0 Å². The highest BCUT2D eigenvalue weighted by Gasteiger charge is 2.09. The number of hydrogen-bond donors (Lipinski definition) is 1. The van der Waals surface area contributed by atoms with E-state index < -0.39 is 0 Å². The van der Waals surface area contributed by atoms with Crippen molar-refractivity contribution >= 4 is 11.4 Å². The predicted octanol–water partition coefficient (Wildman–Crippen LogP) is 2.37. The molecule has 0 aliphatic heterocycles. The Hall–Kier alpha value is -2.41. The molecule has 2 rings (SSSR count). The minimum Gasteiger partial charge on any atom is -0.467 e. The van der Waals surface area contributed by atoms with Crippen molar-refractivity contribution in [2.75, 3.05) is 17.7 Å². The van der Waals surface area contributed by atoms with Crippen LogP contribution in [0.2, 0.25) is 0 Å². The lowest BCUT2D eigenvalue weighted by Gasteiger charge is -2.19. The van der Waals surface area contributed by atoms with Gasteiger partial charge in [0.25, 0.3) is 0 Å². The number of benzene rings is 1. The molecule has 0 fully saturated rings. The van der Waals surface area contributed by atoms with Crippen LogP contribution in [0.4, 0.5) is 11.4 Å². The lowest BCUT2D eigenvalue weighted by atomic mass is 10.1. The Bertz CT molecular complexity index is 540.